The Morgan fingerprint density at radius 3 is 2.71 bits per heavy atom. The number of esters is 1. The highest BCUT2D eigenvalue weighted by Crippen LogP contribution is 2.32. The van der Waals surface area contributed by atoms with Crippen molar-refractivity contribution in [3.63, 3.8) is 0 Å². The van der Waals surface area contributed by atoms with Gasteiger partial charge in [0.25, 0.3) is 0 Å². The third-order valence-corrected chi connectivity index (χ3v) is 6.63. The number of thiazole rings is 1. The highest BCUT2D eigenvalue weighted by Gasteiger charge is 2.33. The largest absolute Gasteiger partial charge is 0.455 e. The zero-order valence-corrected chi connectivity index (χ0v) is 17.1. The third-order valence-electron chi connectivity index (χ3n) is 5.54. The van der Waals surface area contributed by atoms with Crippen LogP contribution < -0.4 is 10.5 Å². The fourth-order valence-electron chi connectivity index (χ4n) is 3.89. The normalized spacial score (nSPS) is 14.3. The number of ether oxygens (including phenoxy) is 1. The first-order valence-electron chi connectivity index (χ1n) is 9.93. The number of carbonyl (C=O) groups is 1. The highest BCUT2D eigenvalue weighted by molar-refractivity contribution is 7.22. The second-order valence-electron chi connectivity index (χ2n) is 7.54. The first kappa shape index (κ1) is 18.1. The molecule has 3 heterocycles. The number of fused-ring (bicyclic) bond motifs is 4. The van der Waals surface area contributed by atoms with Gasteiger partial charge >= 0.3 is 11.6 Å². The van der Waals surface area contributed by atoms with E-state index in [1.165, 1.54) is 0 Å². The van der Waals surface area contributed by atoms with Gasteiger partial charge in [-0.2, -0.15) is 0 Å². The molecule has 5 aromatic rings. The molecule has 1 fully saturated rings. The summed E-state index contributed by atoms with van der Waals surface area (Å²) in [5.41, 5.74) is 0.646. The van der Waals surface area contributed by atoms with Crippen molar-refractivity contribution >= 4 is 54.4 Å². The van der Waals surface area contributed by atoms with E-state index < -0.39 is 11.6 Å². The van der Waals surface area contributed by atoms with Gasteiger partial charge in [-0.05, 0) is 35.0 Å². The number of anilines is 1. The van der Waals surface area contributed by atoms with Crippen LogP contribution in [0.4, 0.5) is 5.13 Å². The summed E-state index contributed by atoms with van der Waals surface area (Å²) in [7, 11) is 0. The number of benzene rings is 3. The number of hydrogen-bond donors (Lipinski definition) is 0. The molecule has 2 aromatic heterocycles. The molecule has 0 saturated carbocycles. The fourth-order valence-corrected chi connectivity index (χ4v) is 4.88. The second-order valence-corrected chi connectivity index (χ2v) is 8.55. The molecule has 1 aliphatic heterocycles. The molecule has 1 saturated heterocycles. The molecule has 0 unspecified atom stereocenters. The van der Waals surface area contributed by atoms with Crippen molar-refractivity contribution in [2.75, 3.05) is 18.0 Å². The molecule has 7 heteroatoms. The summed E-state index contributed by atoms with van der Waals surface area (Å²) in [5.74, 6) is -0.655. The van der Waals surface area contributed by atoms with Crippen LogP contribution in [-0.4, -0.2) is 30.1 Å². The summed E-state index contributed by atoms with van der Waals surface area (Å²) >= 11 is 1.61. The molecule has 31 heavy (non-hydrogen) atoms. The summed E-state index contributed by atoms with van der Waals surface area (Å²) in [5, 5.41) is 3.55. The summed E-state index contributed by atoms with van der Waals surface area (Å²) in [4.78, 5) is 31.8. The highest BCUT2D eigenvalue weighted by atomic mass is 32.1. The van der Waals surface area contributed by atoms with Gasteiger partial charge < -0.3 is 14.1 Å². The Kier molecular flexibility index (Phi) is 4.04. The van der Waals surface area contributed by atoms with Gasteiger partial charge in [-0.25, -0.2) is 14.6 Å². The SMILES string of the molecule is O=C(OC1CN(c2nc3ccccc3s2)C1)c1cc2c(ccc3ccccc32)oc1=O. The number of carbonyl (C=O) groups excluding carboxylic acids is 1. The van der Waals surface area contributed by atoms with Crippen LogP contribution in [0.2, 0.25) is 0 Å². The van der Waals surface area contributed by atoms with Crippen molar-refractivity contribution in [2.45, 2.75) is 6.10 Å². The van der Waals surface area contributed by atoms with Crippen molar-refractivity contribution < 1.29 is 13.9 Å². The number of rotatable bonds is 3. The topological polar surface area (TPSA) is 72.6 Å². The first-order chi connectivity index (χ1) is 15.2. The van der Waals surface area contributed by atoms with Gasteiger partial charge in [0.05, 0.1) is 23.3 Å². The zero-order valence-electron chi connectivity index (χ0n) is 16.3. The van der Waals surface area contributed by atoms with Crippen LogP contribution in [0.25, 0.3) is 32.0 Å². The summed E-state index contributed by atoms with van der Waals surface area (Å²) in [6.07, 6.45) is -0.290. The summed E-state index contributed by atoms with van der Waals surface area (Å²) < 4.78 is 12.1. The lowest BCUT2D eigenvalue weighted by Crippen LogP contribution is -2.53. The molecular formula is C24H16N2O4S. The van der Waals surface area contributed by atoms with E-state index in [1.54, 1.807) is 23.5 Å². The number of para-hydroxylation sites is 1. The smallest absolute Gasteiger partial charge is 0.351 e. The lowest BCUT2D eigenvalue weighted by Gasteiger charge is -2.38. The molecule has 1 aliphatic rings. The molecule has 6 nitrogen and oxygen atoms in total. The standard InChI is InChI=1S/C24H16N2O4S/c27-22(29-15-12-26(13-15)24-25-19-7-3-4-8-21(19)31-24)18-11-17-16-6-2-1-5-14(16)9-10-20(17)30-23(18)28/h1-11,15H,12-13H2. The molecule has 0 amide bonds. The van der Waals surface area contributed by atoms with Crippen LogP contribution >= 0.6 is 11.3 Å². The number of aromatic nitrogens is 1. The Morgan fingerprint density at radius 2 is 1.84 bits per heavy atom. The van der Waals surface area contributed by atoms with Gasteiger partial charge in [0.2, 0.25) is 0 Å². The van der Waals surface area contributed by atoms with Crippen LogP contribution in [0, 0.1) is 0 Å². The molecule has 6 rings (SSSR count). The Labute approximate surface area is 180 Å². The molecule has 3 aromatic carbocycles. The van der Waals surface area contributed by atoms with Crippen LogP contribution in [0.1, 0.15) is 10.4 Å². The van der Waals surface area contributed by atoms with Crippen molar-refractivity contribution in [1.29, 1.82) is 0 Å². The monoisotopic (exact) mass is 428 g/mol. The van der Waals surface area contributed by atoms with Gasteiger partial charge in [0, 0.05) is 5.39 Å². The lowest BCUT2D eigenvalue weighted by molar-refractivity contribution is 0.0230. The molecule has 0 radical (unpaired) electrons. The Morgan fingerprint density at radius 1 is 1.03 bits per heavy atom. The van der Waals surface area contributed by atoms with Crippen molar-refractivity contribution in [1.82, 2.24) is 4.98 Å². The predicted molar refractivity (Wildman–Crippen MR) is 121 cm³/mol. The molecule has 0 bridgehead atoms. The first-order valence-corrected chi connectivity index (χ1v) is 10.7. The van der Waals surface area contributed by atoms with Crippen molar-refractivity contribution in [3.8, 4) is 0 Å². The van der Waals surface area contributed by atoms with E-state index in [9.17, 15) is 9.59 Å². The van der Waals surface area contributed by atoms with Crippen LogP contribution in [0.3, 0.4) is 0 Å². The predicted octanol–water partition coefficient (Wildman–Crippen LogP) is 4.60. The maximum Gasteiger partial charge on any atom is 0.351 e. The van der Waals surface area contributed by atoms with E-state index >= 15 is 0 Å². The van der Waals surface area contributed by atoms with Gasteiger partial charge in [-0.1, -0.05) is 53.8 Å². The summed E-state index contributed by atoms with van der Waals surface area (Å²) in [6.45, 7) is 1.10. The van der Waals surface area contributed by atoms with E-state index in [4.69, 9.17) is 9.15 Å². The van der Waals surface area contributed by atoms with Gasteiger partial charge in [-0.3, -0.25) is 0 Å². The number of hydrogen-bond acceptors (Lipinski definition) is 7. The van der Waals surface area contributed by atoms with Gasteiger partial charge in [0.1, 0.15) is 17.3 Å². The molecule has 0 atom stereocenters. The molecule has 0 spiro atoms. The van der Waals surface area contributed by atoms with Crippen molar-refractivity contribution in [3.05, 3.63) is 82.7 Å². The van der Waals surface area contributed by atoms with Gasteiger partial charge in [-0.15, -0.1) is 0 Å². The maximum absolute atomic E-state index is 12.7. The molecule has 0 N–H and O–H groups in total. The Hall–Kier alpha value is -3.71. The van der Waals surface area contributed by atoms with Crippen LogP contribution in [0.15, 0.2) is 75.9 Å². The van der Waals surface area contributed by atoms with E-state index in [2.05, 4.69) is 9.88 Å². The molecule has 0 aliphatic carbocycles. The van der Waals surface area contributed by atoms with Crippen LogP contribution in [-0.2, 0) is 4.74 Å². The van der Waals surface area contributed by atoms with E-state index in [-0.39, 0.29) is 11.7 Å². The second kappa shape index (κ2) is 6.92. The lowest BCUT2D eigenvalue weighted by atomic mass is 10.0. The van der Waals surface area contributed by atoms with Crippen LogP contribution in [0.5, 0.6) is 0 Å². The molecule has 152 valence electrons. The summed E-state index contributed by atoms with van der Waals surface area (Å²) in [6, 6.07) is 21.0. The fraction of sp³-hybridized carbons (Fsp3) is 0.125. The Balaban J connectivity index is 1.23. The quantitative estimate of drug-likeness (QED) is 0.238. The maximum atomic E-state index is 12.7. The van der Waals surface area contributed by atoms with E-state index in [0.29, 0.717) is 18.7 Å². The van der Waals surface area contributed by atoms with Crippen molar-refractivity contribution in [2.24, 2.45) is 0 Å². The Bertz CT molecular complexity index is 1500. The van der Waals surface area contributed by atoms with E-state index in [0.717, 1.165) is 31.5 Å². The number of nitrogens with zero attached hydrogens (tertiary/aromatic N) is 2. The average molecular weight is 428 g/mol. The third kappa shape index (κ3) is 3.05. The minimum Gasteiger partial charge on any atom is -0.455 e. The van der Waals surface area contributed by atoms with Gasteiger partial charge in [0.15, 0.2) is 5.13 Å². The molecular weight excluding hydrogens is 412 g/mol. The average Bonchev–Trinajstić information content (AvgIpc) is 3.18. The zero-order chi connectivity index (χ0) is 20.9. The van der Waals surface area contributed by atoms with E-state index in [1.807, 2.05) is 54.6 Å². The minimum atomic E-state index is -0.685. The minimum absolute atomic E-state index is 0.0812.